The van der Waals surface area contributed by atoms with Gasteiger partial charge in [-0.25, -0.2) is 4.39 Å². The summed E-state index contributed by atoms with van der Waals surface area (Å²) >= 11 is 5.85. The molecule has 19 heavy (non-hydrogen) atoms. The zero-order valence-electron chi connectivity index (χ0n) is 11.4. The Morgan fingerprint density at radius 3 is 2.89 bits per heavy atom. The molecule has 0 amide bonds. The number of hydrogen-bond donors (Lipinski definition) is 1. The first-order chi connectivity index (χ1) is 9.22. The minimum Gasteiger partial charge on any atom is -0.310 e. The summed E-state index contributed by atoms with van der Waals surface area (Å²) in [5.41, 5.74) is 2.12. The summed E-state index contributed by atoms with van der Waals surface area (Å²) in [6.07, 6.45) is 7.78. The van der Waals surface area contributed by atoms with Crippen molar-refractivity contribution in [1.82, 2.24) is 5.32 Å². The number of hydrogen-bond acceptors (Lipinski definition) is 1. The summed E-state index contributed by atoms with van der Waals surface area (Å²) in [6, 6.07) is 5.48. The van der Waals surface area contributed by atoms with Crippen molar-refractivity contribution in [1.29, 1.82) is 0 Å². The Morgan fingerprint density at radius 2 is 2.21 bits per heavy atom. The van der Waals surface area contributed by atoms with E-state index in [9.17, 15) is 4.39 Å². The maximum Gasteiger partial charge on any atom is 0.145 e. The lowest BCUT2D eigenvalue weighted by atomic mass is 9.90. The highest BCUT2D eigenvalue weighted by Crippen LogP contribution is 2.25. The fourth-order valence-corrected chi connectivity index (χ4v) is 2.88. The molecule has 0 saturated carbocycles. The zero-order valence-corrected chi connectivity index (χ0v) is 12.1. The first-order valence-electron chi connectivity index (χ1n) is 7.07. The summed E-state index contributed by atoms with van der Waals surface area (Å²) in [5, 5.41) is 3.68. The Morgan fingerprint density at radius 1 is 1.37 bits per heavy atom. The Hall–Kier alpha value is -0.860. The number of likely N-dealkylation sites (N-methyl/N-ethyl adjacent to an activating group) is 1. The van der Waals surface area contributed by atoms with E-state index in [4.69, 9.17) is 11.6 Å². The molecule has 0 saturated heterocycles. The number of halogens is 2. The van der Waals surface area contributed by atoms with Crippen molar-refractivity contribution >= 4 is 11.6 Å². The molecule has 1 unspecified atom stereocenters. The summed E-state index contributed by atoms with van der Waals surface area (Å²) in [5.74, 6) is -0.275. The largest absolute Gasteiger partial charge is 0.310 e. The third-order valence-electron chi connectivity index (χ3n) is 3.68. The smallest absolute Gasteiger partial charge is 0.145 e. The molecule has 2 rings (SSSR count). The van der Waals surface area contributed by atoms with Crippen LogP contribution in [0.25, 0.3) is 0 Å². The van der Waals surface area contributed by atoms with Gasteiger partial charge >= 0.3 is 0 Å². The van der Waals surface area contributed by atoms with Gasteiger partial charge in [0, 0.05) is 6.04 Å². The molecule has 1 N–H and O–H groups in total. The van der Waals surface area contributed by atoms with E-state index in [1.54, 1.807) is 6.07 Å². The molecule has 0 aliphatic heterocycles. The van der Waals surface area contributed by atoms with E-state index in [2.05, 4.69) is 18.3 Å². The van der Waals surface area contributed by atoms with Crippen LogP contribution in [0.5, 0.6) is 0 Å². The molecule has 1 nitrogen and oxygen atoms in total. The van der Waals surface area contributed by atoms with Crippen molar-refractivity contribution < 1.29 is 4.39 Å². The van der Waals surface area contributed by atoms with Crippen LogP contribution in [0.2, 0.25) is 5.02 Å². The van der Waals surface area contributed by atoms with Crippen LogP contribution in [0, 0.1) is 5.82 Å². The molecule has 0 radical (unpaired) electrons. The van der Waals surface area contributed by atoms with Gasteiger partial charge in [-0.2, -0.15) is 0 Å². The van der Waals surface area contributed by atoms with Crippen molar-refractivity contribution in [3.63, 3.8) is 0 Å². The lowest BCUT2D eigenvalue weighted by Crippen LogP contribution is -2.33. The maximum atomic E-state index is 14.0. The number of rotatable bonds is 5. The zero-order chi connectivity index (χ0) is 13.7. The first-order valence-corrected chi connectivity index (χ1v) is 7.45. The van der Waals surface area contributed by atoms with E-state index >= 15 is 0 Å². The summed E-state index contributed by atoms with van der Waals surface area (Å²) in [4.78, 5) is 0. The van der Waals surface area contributed by atoms with Gasteiger partial charge in [-0.15, -0.1) is 0 Å². The lowest BCUT2D eigenvalue weighted by Gasteiger charge is -2.24. The SMILES string of the molecule is CCNC(Cc1cccc(Cl)c1F)C1=CCCCC1. The molecule has 0 fully saturated rings. The van der Waals surface area contributed by atoms with Gasteiger partial charge < -0.3 is 5.32 Å². The quantitative estimate of drug-likeness (QED) is 0.784. The normalized spacial score (nSPS) is 17.1. The number of nitrogens with one attached hydrogen (secondary N) is 1. The van der Waals surface area contributed by atoms with Crippen LogP contribution < -0.4 is 5.32 Å². The predicted molar refractivity (Wildman–Crippen MR) is 79.1 cm³/mol. The second kappa shape index (κ2) is 7.06. The fourth-order valence-electron chi connectivity index (χ4n) is 2.69. The standard InChI is InChI=1S/C16H21ClFN/c1-2-19-15(12-7-4-3-5-8-12)11-13-9-6-10-14(17)16(13)18/h6-7,9-10,15,19H,2-5,8,11H2,1H3. The molecule has 1 aromatic rings. The highest BCUT2D eigenvalue weighted by atomic mass is 35.5. The van der Waals surface area contributed by atoms with Gasteiger partial charge in [0.1, 0.15) is 5.82 Å². The second-order valence-corrected chi connectivity index (χ2v) is 5.46. The van der Waals surface area contributed by atoms with Crippen molar-refractivity contribution in [3.8, 4) is 0 Å². The molecule has 3 heteroatoms. The molecule has 0 bridgehead atoms. The molecular formula is C16H21ClFN. The van der Waals surface area contributed by atoms with E-state index in [1.165, 1.54) is 18.4 Å². The van der Waals surface area contributed by atoms with Crippen LogP contribution in [-0.4, -0.2) is 12.6 Å². The van der Waals surface area contributed by atoms with Gasteiger partial charge in [0.25, 0.3) is 0 Å². The van der Waals surface area contributed by atoms with Crippen LogP contribution in [-0.2, 0) is 6.42 Å². The van der Waals surface area contributed by atoms with Gasteiger partial charge in [-0.1, -0.05) is 42.3 Å². The Balaban J connectivity index is 2.16. The predicted octanol–water partition coefficient (Wildman–Crippen LogP) is 4.50. The molecule has 0 heterocycles. The molecule has 104 valence electrons. The van der Waals surface area contributed by atoms with Crippen LogP contribution in [0.1, 0.15) is 38.2 Å². The average molecular weight is 282 g/mol. The van der Waals surface area contributed by atoms with Crippen LogP contribution >= 0.6 is 11.6 Å². The minimum atomic E-state index is -0.275. The van der Waals surface area contributed by atoms with Gasteiger partial charge in [0.15, 0.2) is 0 Å². The van der Waals surface area contributed by atoms with Crippen molar-refractivity contribution in [2.45, 2.75) is 45.1 Å². The van der Waals surface area contributed by atoms with Crippen molar-refractivity contribution in [3.05, 3.63) is 46.3 Å². The van der Waals surface area contributed by atoms with E-state index in [0.29, 0.717) is 12.0 Å². The van der Waals surface area contributed by atoms with Gasteiger partial charge in [-0.05, 0) is 50.3 Å². The molecule has 1 atom stereocenters. The van der Waals surface area contributed by atoms with Gasteiger partial charge in [-0.3, -0.25) is 0 Å². The van der Waals surface area contributed by atoms with Gasteiger partial charge in [0.05, 0.1) is 5.02 Å². The average Bonchev–Trinajstić information content (AvgIpc) is 2.44. The summed E-state index contributed by atoms with van der Waals surface area (Å²) in [7, 11) is 0. The molecule has 1 aromatic carbocycles. The highest BCUT2D eigenvalue weighted by Gasteiger charge is 2.18. The Kier molecular flexibility index (Phi) is 5.41. The number of allylic oxidation sites excluding steroid dienone is 1. The molecule has 0 aromatic heterocycles. The second-order valence-electron chi connectivity index (χ2n) is 5.05. The first kappa shape index (κ1) is 14.5. The highest BCUT2D eigenvalue weighted by molar-refractivity contribution is 6.30. The van der Waals surface area contributed by atoms with Gasteiger partial charge in [0.2, 0.25) is 0 Å². The van der Waals surface area contributed by atoms with E-state index < -0.39 is 0 Å². The summed E-state index contributed by atoms with van der Waals surface area (Å²) < 4.78 is 14.0. The molecule has 1 aliphatic carbocycles. The Bertz CT molecular complexity index is 456. The van der Waals surface area contributed by atoms with Crippen LogP contribution in [0.4, 0.5) is 4.39 Å². The topological polar surface area (TPSA) is 12.0 Å². The minimum absolute atomic E-state index is 0.213. The lowest BCUT2D eigenvalue weighted by molar-refractivity contribution is 0.525. The third kappa shape index (κ3) is 3.80. The van der Waals surface area contributed by atoms with E-state index in [-0.39, 0.29) is 16.9 Å². The van der Waals surface area contributed by atoms with Crippen molar-refractivity contribution in [2.75, 3.05) is 6.54 Å². The van der Waals surface area contributed by atoms with Crippen LogP contribution in [0.15, 0.2) is 29.8 Å². The number of benzene rings is 1. The monoisotopic (exact) mass is 281 g/mol. The van der Waals surface area contributed by atoms with Crippen molar-refractivity contribution in [2.24, 2.45) is 0 Å². The Labute approximate surface area is 119 Å². The molecule has 0 spiro atoms. The third-order valence-corrected chi connectivity index (χ3v) is 3.97. The summed E-state index contributed by atoms with van der Waals surface area (Å²) in [6.45, 7) is 2.98. The maximum absolute atomic E-state index is 14.0. The van der Waals surface area contributed by atoms with Crippen LogP contribution in [0.3, 0.4) is 0 Å². The molecule has 1 aliphatic rings. The molecular weight excluding hydrogens is 261 g/mol. The van der Waals surface area contributed by atoms with E-state index in [0.717, 1.165) is 19.4 Å². The fraction of sp³-hybridized carbons (Fsp3) is 0.500. The van der Waals surface area contributed by atoms with E-state index in [1.807, 2.05) is 12.1 Å².